The van der Waals surface area contributed by atoms with Crippen molar-refractivity contribution in [3.05, 3.63) is 12.2 Å². The van der Waals surface area contributed by atoms with Crippen LogP contribution in [0.25, 0.3) is 0 Å². The SMILES string of the molecule is CCCCCC[C@H]1C=C[C@H](CCCCCCCC(=O)O)C[C@H]1C(=O)O. The molecule has 0 saturated carbocycles. The second-order valence-corrected chi connectivity index (χ2v) is 7.54. The number of unbranched alkanes of at least 4 members (excludes halogenated alkanes) is 7. The molecule has 1 aliphatic carbocycles. The molecule has 0 aromatic carbocycles. The fourth-order valence-electron chi connectivity index (χ4n) is 3.83. The molecule has 0 aromatic heterocycles. The second kappa shape index (κ2) is 13.0. The van der Waals surface area contributed by atoms with Crippen LogP contribution in [0.5, 0.6) is 0 Å². The number of allylic oxidation sites excluding steroid dienone is 2. The number of rotatable bonds is 14. The van der Waals surface area contributed by atoms with Crippen molar-refractivity contribution in [1.29, 1.82) is 0 Å². The molecule has 0 spiro atoms. The predicted octanol–water partition coefficient (Wildman–Crippen LogP) is 5.67. The lowest BCUT2D eigenvalue weighted by Crippen LogP contribution is -2.28. The van der Waals surface area contributed by atoms with Gasteiger partial charge >= 0.3 is 11.9 Å². The number of hydrogen-bond donors (Lipinski definition) is 2. The van der Waals surface area contributed by atoms with Gasteiger partial charge in [-0.25, -0.2) is 0 Å². The molecule has 2 N–H and O–H groups in total. The summed E-state index contributed by atoms with van der Waals surface area (Å²) in [6, 6.07) is 0. The van der Waals surface area contributed by atoms with Crippen molar-refractivity contribution < 1.29 is 19.8 Å². The number of hydrogen-bond acceptors (Lipinski definition) is 2. The first-order valence-corrected chi connectivity index (χ1v) is 10.2. The second-order valence-electron chi connectivity index (χ2n) is 7.54. The zero-order chi connectivity index (χ0) is 18.5. The van der Waals surface area contributed by atoms with Gasteiger partial charge in [0.05, 0.1) is 5.92 Å². The molecule has 0 aliphatic heterocycles. The van der Waals surface area contributed by atoms with E-state index in [0.717, 1.165) is 57.8 Å². The van der Waals surface area contributed by atoms with Crippen molar-refractivity contribution in [2.24, 2.45) is 17.8 Å². The van der Waals surface area contributed by atoms with Gasteiger partial charge in [0.15, 0.2) is 0 Å². The van der Waals surface area contributed by atoms with Crippen molar-refractivity contribution in [3.63, 3.8) is 0 Å². The summed E-state index contributed by atoms with van der Waals surface area (Å²) >= 11 is 0. The first-order chi connectivity index (χ1) is 12.0. The van der Waals surface area contributed by atoms with Crippen LogP contribution in [0.4, 0.5) is 0 Å². The van der Waals surface area contributed by atoms with Gasteiger partial charge in [0.2, 0.25) is 0 Å². The van der Waals surface area contributed by atoms with E-state index in [1.165, 1.54) is 19.3 Å². The highest BCUT2D eigenvalue weighted by Crippen LogP contribution is 2.34. The first kappa shape index (κ1) is 21.7. The third-order valence-electron chi connectivity index (χ3n) is 5.38. The summed E-state index contributed by atoms with van der Waals surface area (Å²) in [6.07, 6.45) is 17.4. The van der Waals surface area contributed by atoms with Gasteiger partial charge in [-0.05, 0) is 37.5 Å². The van der Waals surface area contributed by atoms with Crippen LogP contribution in [0.15, 0.2) is 12.2 Å². The first-order valence-electron chi connectivity index (χ1n) is 10.2. The van der Waals surface area contributed by atoms with Gasteiger partial charge in [0.25, 0.3) is 0 Å². The maximum atomic E-state index is 11.6. The standard InChI is InChI=1S/C21H36O4/c1-2-3-4-9-12-18-15-14-17(16-19(18)21(24)25)11-8-6-5-7-10-13-20(22)23/h14-15,17-19H,2-13,16H2,1H3,(H,22,23)(H,24,25)/t17-,18-,19+/m0/s1. The van der Waals surface area contributed by atoms with Gasteiger partial charge in [-0.1, -0.05) is 70.4 Å². The highest BCUT2D eigenvalue weighted by molar-refractivity contribution is 5.71. The molecule has 0 amide bonds. The predicted molar refractivity (Wildman–Crippen MR) is 101 cm³/mol. The van der Waals surface area contributed by atoms with Gasteiger partial charge in [0, 0.05) is 6.42 Å². The third-order valence-corrected chi connectivity index (χ3v) is 5.38. The summed E-state index contributed by atoms with van der Waals surface area (Å²) in [5.74, 6) is -0.958. The molecule has 1 aliphatic rings. The Kier molecular flexibility index (Phi) is 11.3. The van der Waals surface area contributed by atoms with Gasteiger partial charge < -0.3 is 10.2 Å². The molecule has 0 heterocycles. The smallest absolute Gasteiger partial charge is 0.307 e. The van der Waals surface area contributed by atoms with Crippen LogP contribution in [-0.4, -0.2) is 22.2 Å². The maximum absolute atomic E-state index is 11.6. The molecule has 144 valence electrons. The largest absolute Gasteiger partial charge is 0.481 e. The van der Waals surface area contributed by atoms with Crippen LogP contribution in [0.3, 0.4) is 0 Å². The molecular weight excluding hydrogens is 316 g/mol. The summed E-state index contributed by atoms with van der Waals surface area (Å²) in [5.41, 5.74) is 0. The van der Waals surface area contributed by atoms with Crippen LogP contribution in [0, 0.1) is 17.8 Å². The molecular formula is C21H36O4. The van der Waals surface area contributed by atoms with Crippen LogP contribution >= 0.6 is 0 Å². The Morgan fingerprint density at radius 2 is 1.52 bits per heavy atom. The van der Waals surface area contributed by atoms with E-state index in [0.29, 0.717) is 5.92 Å². The van der Waals surface area contributed by atoms with Crippen LogP contribution in [0.2, 0.25) is 0 Å². The third kappa shape index (κ3) is 9.66. The van der Waals surface area contributed by atoms with E-state index < -0.39 is 11.9 Å². The van der Waals surface area contributed by atoms with Crippen LogP contribution < -0.4 is 0 Å². The fourth-order valence-corrected chi connectivity index (χ4v) is 3.83. The Labute approximate surface area is 152 Å². The number of carboxylic acid groups (broad SMARTS) is 2. The van der Waals surface area contributed by atoms with Gasteiger partial charge in [-0.3, -0.25) is 9.59 Å². The number of carbonyl (C=O) groups is 2. The molecule has 3 atom stereocenters. The molecule has 0 fully saturated rings. The Hall–Kier alpha value is -1.32. The zero-order valence-corrected chi connectivity index (χ0v) is 15.8. The Morgan fingerprint density at radius 3 is 2.20 bits per heavy atom. The lowest BCUT2D eigenvalue weighted by molar-refractivity contribution is -0.144. The minimum atomic E-state index is -0.712. The van der Waals surface area contributed by atoms with E-state index in [2.05, 4.69) is 19.1 Å². The van der Waals surface area contributed by atoms with Gasteiger partial charge in [0.1, 0.15) is 0 Å². The molecule has 4 heteroatoms. The molecule has 0 unspecified atom stereocenters. The minimum absolute atomic E-state index is 0.210. The quantitative estimate of drug-likeness (QED) is 0.312. The molecule has 0 radical (unpaired) electrons. The maximum Gasteiger partial charge on any atom is 0.307 e. The Bertz CT molecular complexity index is 416. The van der Waals surface area contributed by atoms with E-state index in [1.54, 1.807) is 0 Å². The highest BCUT2D eigenvalue weighted by Gasteiger charge is 2.31. The van der Waals surface area contributed by atoms with E-state index >= 15 is 0 Å². The topological polar surface area (TPSA) is 74.6 Å². The van der Waals surface area contributed by atoms with Crippen LogP contribution in [0.1, 0.15) is 90.4 Å². The monoisotopic (exact) mass is 352 g/mol. The van der Waals surface area contributed by atoms with Crippen molar-refractivity contribution in [2.45, 2.75) is 90.4 Å². The summed E-state index contributed by atoms with van der Waals surface area (Å²) in [4.78, 5) is 22.1. The van der Waals surface area contributed by atoms with E-state index in [-0.39, 0.29) is 18.3 Å². The van der Waals surface area contributed by atoms with Gasteiger partial charge in [-0.2, -0.15) is 0 Å². The van der Waals surface area contributed by atoms with Crippen molar-refractivity contribution >= 4 is 11.9 Å². The molecule has 0 aromatic rings. The number of carboxylic acids is 2. The Balaban J connectivity index is 2.25. The van der Waals surface area contributed by atoms with Gasteiger partial charge in [-0.15, -0.1) is 0 Å². The van der Waals surface area contributed by atoms with E-state index in [4.69, 9.17) is 5.11 Å². The van der Waals surface area contributed by atoms with Crippen molar-refractivity contribution in [2.75, 3.05) is 0 Å². The highest BCUT2D eigenvalue weighted by atomic mass is 16.4. The van der Waals surface area contributed by atoms with Crippen LogP contribution in [-0.2, 0) is 9.59 Å². The van der Waals surface area contributed by atoms with E-state index in [1.807, 2.05) is 0 Å². The van der Waals surface area contributed by atoms with Crippen molar-refractivity contribution in [1.82, 2.24) is 0 Å². The zero-order valence-electron chi connectivity index (χ0n) is 15.8. The average Bonchev–Trinajstić information content (AvgIpc) is 2.58. The summed E-state index contributed by atoms with van der Waals surface area (Å²) < 4.78 is 0. The molecule has 25 heavy (non-hydrogen) atoms. The van der Waals surface area contributed by atoms with E-state index in [9.17, 15) is 14.7 Å². The summed E-state index contributed by atoms with van der Waals surface area (Å²) in [6.45, 7) is 2.19. The summed E-state index contributed by atoms with van der Waals surface area (Å²) in [5, 5.41) is 18.2. The lowest BCUT2D eigenvalue weighted by atomic mass is 9.75. The molecule has 4 nitrogen and oxygen atoms in total. The Morgan fingerprint density at radius 1 is 0.880 bits per heavy atom. The summed E-state index contributed by atoms with van der Waals surface area (Å²) in [7, 11) is 0. The lowest BCUT2D eigenvalue weighted by Gasteiger charge is -2.29. The molecule has 0 saturated heterocycles. The molecule has 0 bridgehead atoms. The fraction of sp³-hybridized carbons (Fsp3) is 0.810. The normalized spacial score (nSPS) is 22.8. The average molecular weight is 353 g/mol. The molecule has 1 rings (SSSR count). The number of aliphatic carboxylic acids is 2. The minimum Gasteiger partial charge on any atom is -0.481 e. The van der Waals surface area contributed by atoms with Crippen molar-refractivity contribution in [3.8, 4) is 0 Å².